The van der Waals surface area contributed by atoms with E-state index in [9.17, 15) is 14.0 Å². The summed E-state index contributed by atoms with van der Waals surface area (Å²) in [6.45, 7) is 3.88. The summed E-state index contributed by atoms with van der Waals surface area (Å²) in [5, 5.41) is 4.94. The molecule has 0 radical (unpaired) electrons. The molecule has 0 aliphatic heterocycles. The summed E-state index contributed by atoms with van der Waals surface area (Å²) in [5.41, 5.74) is 2.68. The Labute approximate surface area is 149 Å². The molecule has 0 saturated carbocycles. The van der Waals surface area contributed by atoms with E-state index >= 15 is 0 Å². The minimum absolute atomic E-state index is 0.105. The van der Waals surface area contributed by atoms with Gasteiger partial charge in [-0.2, -0.15) is 0 Å². The second-order valence-corrected chi connectivity index (χ2v) is 5.88. The van der Waals surface area contributed by atoms with Gasteiger partial charge in [-0.15, -0.1) is 0 Å². The Bertz CT molecular complexity index is 993. The molecule has 132 valence electrons. The van der Waals surface area contributed by atoms with Crippen LogP contribution in [0.15, 0.2) is 59.7 Å². The van der Waals surface area contributed by atoms with E-state index < -0.39 is 17.4 Å². The molecule has 6 nitrogen and oxygen atoms in total. The zero-order chi connectivity index (χ0) is 18.7. The average molecular weight is 352 g/mol. The number of nitrogens with zero attached hydrogens (tertiary/aromatic N) is 2. The molecule has 1 heterocycles. The lowest BCUT2D eigenvalue weighted by atomic mass is 10.1. The number of aromatic nitrogens is 2. The summed E-state index contributed by atoms with van der Waals surface area (Å²) in [4.78, 5) is 28.6. The van der Waals surface area contributed by atoms with Crippen molar-refractivity contribution in [3.8, 4) is 5.69 Å². The number of anilines is 2. The van der Waals surface area contributed by atoms with E-state index in [1.807, 2.05) is 32.0 Å². The highest BCUT2D eigenvalue weighted by atomic mass is 19.1. The molecule has 0 atom stereocenters. The largest absolute Gasteiger partial charge is 0.325 e. The van der Waals surface area contributed by atoms with Crippen LogP contribution < -0.4 is 16.2 Å². The van der Waals surface area contributed by atoms with Crippen LogP contribution in [0.5, 0.6) is 0 Å². The van der Waals surface area contributed by atoms with Crippen LogP contribution in [-0.2, 0) is 0 Å². The van der Waals surface area contributed by atoms with Crippen molar-refractivity contribution in [3.05, 3.63) is 82.2 Å². The third-order valence-electron chi connectivity index (χ3n) is 3.66. The maximum atomic E-state index is 12.9. The molecule has 26 heavy (non-hydrogen) atoms. The van der Waals surface area contributed by atoms with Gasteiger partial charge in [-0.3, -0.25) is 14.7 Å². The van der Waals surface area contributed by atoms with E-state index in [0.717, 1.165) is 11.1 Å². The number of urea groups is 1. The smallest absolute Gasteiger partial charge is 0.308 e. The normalized spacial score (nSPS) is 10.4. The standard InChI is InChI=1S/C19H17FN4O2/c1-12-9-13(2)11-16(10-12)24-8-7-21-17(18(24)25)23-19(26)22-15-5-3-14(20)4-6-15/h3-11H,1-2H3,(H2,21,22,23,26). The molecule has 0 aliphatic carbocycles. The predicted molar refractivity (Wildman–Crippen MR) is 98.3 cm³/mol. The van der Waals surface area contributed by atoms with Crippen LogP contribution in [0.3, 0.4) is 0 Å². The number of halogens is 1. The first-order valence-corrected chi connectivity index (χ1v) is 7.92. The molecule has 7 heteroatoms. The minimum Gasteiger partial charge on any atom is -0.308 e. The SMILES string of the molecule is Cc1cc(C)cc(-n2ccnc(NC(=O)Nc3ccc(F)cc3)c2=O)c1. The fourth-order valence-corrected chi connectivity index (χ4v) is 2.59. The molecule has 2 aromatic carbocycles. The number of carbonyl (C=O) groups excluding carboxylic acids is 1. The van der Waals surface area contributed by atoms with Crippen molar-refractivity contribution in [2.24, 2.45) is 0 Å². The third kappa shape index (κ3) is 3.94. The van der Waals surface area contributed by atoms with Crippen LogP contribution in [0, 0.1) is 19.7 Å². The molecule has 3 rings (SSSR count). The second-order valence-electron chi connectivity index (χ2n) is 5.88. The van der Waals surface area contributed by atoms with Crippen LogP contribution in [0.2, 0.25) is 0 Å². The van der Waals surface area contributed by atoms with E-state index in [1.54, 1.807) is 6.20 Å². The minimum atomic E-state index is -0.639. The highest BCUT2D eigenvalue weighted by Gasteiger charge is 2.11. The Morgan fingerprint density at radius 1 is 1.04 bits per heavy atom. The molecule has 0 unspecified atom stereocenters. The number of hydrogen-bond acceptors (Lipinski definition) is 3. The molecule has 0 spiro atoms. The number of amides is 2. The number of hydrogen-bond donors (Lipinski definition) is 2. The first kappa shape index (κ1) is 17.3. The van der Waals surface area contributed by atoms with Crippen molar-refractivity contribution in [3.63, 3.8) is 0 Å². The van der Waals surface area contributed by atoms with Gasteiger partial charge in [-0.25, -0.2) is 14.2 Å². The van der Waals surface area contributed by atoms with E-state index in [-0.39, 0.29) is 5.82 Å². The second kappa shape index (κ2) is 7.18. The van der Waals surface area contributed by atoms with Crippen LogP contribution >= 0.6 is 0 Å². The number of benzene rings is 2. The number of rotatable bonds is 3. The van der Waals surface area contributed by atoms with Crippen molar-refractivity contribution in [2.75, 3.05) is 10.6 Å². The van der Waals surface area contributed by atoms with Gasteiger partial charge in [0.05, 0.1) is 0 Å². The van der Waals surface area contributed by atoms with Gasteiger partial charge in [-0.05, 0) is 61.4 Å². The molecule has 0 aliphatic rings. The van der Waals surface area contributed by atoms with Gasteiger partial charge in [0.2, 0.25) is 5.82 Å². The topological polar surface area (TPSA) is 76.0 Å². The van der Waals surface area contributed by atoms with Gasteiger partial charge in [-0.1, -0.05) is 6.07 Å². The third-order valence-corrected chi connectivity index (χ3v) is 3.66. The number of aryl methyl sites for hydroxylation is 2. The molecule has 3 aromatic rings. The zero-order valence-corrected chi connectivity index (χ0v) is 14.3. The Balaban J connectivity index is 1.84. The summed E-state index contributed by atoms with van der Waals surface area (Å²) in [6.07, 6.45) is 2.98. The molecule has 2 amide bonds. The molecule has 0 saturated heterocycles. The van der Waals surface area contributed by atoms with E-state index in [4.69, 9.17) is 0 Å². The van der Waals surface area contributed by atoms with Gasteiger partial charge < -0.3 is 5.32 Å². The quantitative estimate of drug-likeness (QED) is 0.756. The number of carbonyl (C=O) groups is 1. The van der Waals surface area contributed by atoms with Gasteiger partial charge >= 0.3 is 6.03 Å². The first-order valence-electron chi connectivity index (χ1n) is 7.92. The molecule has 1 aromatic heterocycles. The maximum Gasteiger partial charge on any atom is 0.325 e. The molecular formula is C19H17FN4O2. The molecule has 2 N–H and O–H groups in total. The Morgan fingerprint density at radius 2 is 1.69 bits per heavy atom. The van der Waals surface area contributed by atoms with Crippen LogP contribution in [0.4, 0.5) is 20.7 Å². The van der Waals surface area contributed by atoms with Crippen molar-refractivity contribution < 1.29 is 9.18 Å². The Morgan fingerprint density at radius 3 is 2.35 bits per heavy atom. The van der Waals surface area contributed by atoms with Crippen LogP contribution in [0.1, 0.15) is 11.1 Å². The highest BCUT2D eigenvalue weighted by molar-refractivity contribution is 5.99. The lowest BCUT2D eigenvalue weighted by Gasteiger charge is -2.11. The fraction of sp³-hybridized carbons (Fsp3) is 0.105. The molecule has 0 fully saturated rings. The summed E-state index contributed by atoms with van der Waals surface area (Å²) in [6, 6.07) is 10.4. The summed E-state index contributed by atoms with van der Waals surface area (Å²) in [7, 11) is 0. The van der Waals surface area contributed by atoms with E-state index in [1.165, 1.54) is 35.0 Å². The number of nitrogens with one attached hydrogen (secondary N) is 2. The first-order chi connectivity index (χ1) is 12.4. The molecule has 0 bridgehead atoms. The van der Waals surface area contributed by atoms with E-state index in [2.05, 4.69) is 15.6 Å². The van der Waals surface area contributed by atoms with Crippen molar-refractivity contribution in [2.45, 2.75) is 13.8 Å². The van der Waals surface area contributed by atoms with Crippen molar-refractivity contribution in [1.29, 1.82) is 0 Å². The predicted octanol–water partition coefficient (Wildman–Crippen LogP) is 3.63. The monoisotopic (exact) mass is 352 g/mol. The fourth-order valence-electron chi connectivity index (χ4n) is 2.59. The zero-order valence-electron chi connectivity index (χ0n) is 14.3. The van der Waals surface area contributed by atoms with Crippen molar-refractivity contribution in [1.82, 2.24) is 9.55 Å². The highest BCUT2D eigenvalue weighted by Crippen LogP contribution is 2.13. The Kier molecular flexibility index (Phi) is 4.79. The molecular weight excluding hydrogens is 335 g/mol. The summed E-state index contributed by atoms with van der Waals surface area (Å²) in [5.74, 6) is -0.511. The maximum absolute atomic E-state index is 12.9. The van der Waals surface area contributed by atoms with Crippen molar-refractivity contribution >= 4 is 17.5 Å². The van der Waals surface area contributed by atoms with Gasteiger partial charge in [0.25, 0.3) is 5.56 Å². The van der Waals surface area contributed by atoms with Crippen LogP contribution in [-0.4, -0.2) is 15.6 Å². The van der Waals surface area contributed by atoms with Gasteiger partial charge in [0.1, 0.15) is 5.82 Å². The van der Waals surface area contributed by atoms with Gasteiger partial charge in [0, 0.05) is 23.8 Å². The van der Waals surface area contributed by atoms with Gasteiger partial charge in [0.15, 0.2) is 0 Å². The average Bonchev–Trinajstić information content (AvgIpc) is 2.58. The summed E-state index contributed by atoms with van der Waals surface area (Å²) >= 11 is 0. The summed E-state index contributed by atoms with van der Waals surface area (Å²) < 4.78 is 14.3. The van der Waals surface area contributed by atoms with E-state index in [0.29, 0.717) is 11.4 Å². The Hall–Kier alpha value is -3.48. The lowest BCUT2D eigenvalue weighted by molar-refractivity contribution is 0.262. The lowest BCUT2D eigenvalue weighted by Crippen LogP contribution is -2.28. The van der Waals surface area contributed by atoms with Crippen LogP contribution in [0.25, 0.3) is 5.69 Å².